The lowest BCUT2D eigenvalue weighted by molar-refractivity contribution is 1.14. The van der Waals surface area contributed by atoms with E-state index in [4.69, 9.17) is 0 Å². The molecule has 0 spiro atoms. The number of aromatic amines is 2. The van der Waals surface area contributed by atoms with Crippen molar-refractivity contribution >= 4 is 11.0 Å². The number of rotatable bonds is 2. The smallest absolute Gasteiger partial charge is 0.248 e. The number of hydrogen-bond donors (Lipinski definition) is 2. The second kappa shape index (κ2) is 4.14. The Labute approximate surface area is 104 Å². The van der Waals surface area contributed by atoms with Crippen molar-refractivity contribution in [2.75, 3.05) is 0 Å². The van der Waals surface area contributed by atoms with Crippen LogP contribution in [0.3, 0.4) is 0 Å². The third-order valence-electron chi connectivity index (χ3n) is 3.00. The predicted octanol–water partition coefficient (Wildman–Crippen LogP) is 2.48. The highest BCUT2D eigenvalue weighted by molar-refractivity contribution is 5.79. The summed E-state index contributed by atoms with van der Waals surface area (Å²) in [6.45, 7) is 2.12. The van der Waals surface area contributed by atoms with E-state index in [1.807, 2.05) is 12.1 Å². The van der Waals surface area contributed by atoms with E-state index in [2.05, 4.69) is 34.0 Å². The molecule has 1 aromatic carbocycles. The number of pyridine rings is 1. The zero-order chi connectivity index (χ0) is 12.5. The summed E-state index contributed by atoms with van der Waals surface area (Å²) in [5.74, 6) is 0.726. The summed E-state index contributed by atoms with van der Waals surface area (Å²) in [5, 5.41) is 0. The van der Waals surface area contributed by atoms with Gasteiger partial charge in [0.1, 0.15) is 5.82 Å². The first kappa shape index (κ1) is 10.8. The van der Waals surface area contributed by atoms with Gasteiger partial charge in [-0.3, -0.25) is 4.79 Å². The zero-order valence-electron chi connectivity index (χ0n) is 10.0. The quantitative estimate of drug-likeness (QED) is 0.721. The average molecular weight is 239 g/mol. The van der Waals surface area contributed by atoms with Crippen molar-refractivity contribution in [1.29, 1.82) is 0 Å². The third kappa shape index (κ3) is 1.82. The van der Waals surface area contributed by atoms with E-state index >= 15 is 0 Å². The molecule has 0 fully saturated rings. The fraction of sp³-hybridized carbons (Fsp3) is 0.143. The second-order valence-electron chi connectivity index (χ2n) is 4.23. The summed E-state index contributed by atoms with van der Waals surface area (Å²) in [5.41, 5.74) is 3.87. The van der Waals surface area contributed by atoms with Gasteiger partial charge in [-0.1, -0.05) is 13.0 Å². The lowest BCUT2D eigenvalue weighted by atomic mass is 10.1. The van der Waals surface area contributed by atoms with Crippen LogP contribution in [0.4, 0.5) is 0 Å². The number of hydrogen-bond acceptors (Lipinski definition) is 2. The summed E-state index contributed by atoms with van der Waals surface area (Å²) in [6.07, 6.45) is 2.62. The van der Waals surface area contributed by atoms with Crippen molar-refractivity contribution in [2.24, 2.45) is 0 Å². The largest absolute Gasteiger partial charge is 0.338 e. The van der Waals surface area contributed by atoms with E-state index in [1.54, 1.807) is 12.3 Å². The van der Waals surface area contributed by atoms with Crippen LogP contribution in [0.2, 0.25) is 0 Å². The molecule has 0 unspecified atom stereocenters. The van der Waals surface area contributed by atoms with E-state index in [0.29, 0.717) is 0 Å². The van der Waals surface area contributed by atoms with Crippen molar-refractivity contribution < 1.29 is 0 Å². The van der Waals surface area contributed by atoms with Gasteiger partial charge in [-0.05, 0) is 30.2 Å². The second-order valence-corrected chi connectivity index (χ2v) is 4.23. The first-order chi connectivity index (χ1) is 8.76. The first-order valence-corrected chi connectivity index (χ1v) is 5.94. The van der Waals surface area contributed by atoms with Crippen molar-refractivity contribution in [2.45, 2.75) is 13.3 Å². The zero-order valence-corrected chi connectivity index (χ0v) is 10.0. The lowest BCUT2D eigenvalue weighted by Gasteiger charge is -1.94. The van der Waals surface area contributed by atoms with Gasteiger partial charge in [0.05, 0.1) is 11.0 Å². The van der Waals surface area contributed by atoms with E-state index in [-0.39, 0.29) is 5.56 Å². The number of imidazole rings is 1. The van der Waals surface area contributed by atoms with Crippen LogP contribution < -0.4 is 5.56 Å². The Morgan fingerprint density at radius 1 is 1.22 bits per heavy atom. The van der Waals surface area contributed by atoms with Gasteiger partial charge >= 0.3 is 0 Å². The summed E-state index contributed by atoms with van der Waals surface area (Å²) in [7, 11) is 0. The van der Waals surface area contributed by atoms with E-state index in [9.17, 15) is 4.79 Å². The van der Waals surface area contributed by atoms with Crippen LogP contribution >= 0.6 is 0 Å². The number of aryl methyl sites for hydroxylation is 1. The molecule has 0 saturated heterocycles. The number of nitrogens with zero attached hydrogens (tertiary/aromatic N) is 1. The number of nitrogens with one attached hydrogen (secondary N) is 2. The Bertz CT molecular complexity index is 755. The first-order valence-electron chi connectivity index (χ1n) is 5.94. The molecule has 0 aliphatic rings. The molecule has 0 saturated carbocycles. The number of benzene rings is 1. The average Bonchev–Trinajstić information content (AvgIpc) is 2.81. The SMILES string of the molecule is CCc1ccc2nc(-c3cc[nH]c(=O)c3)[nH]c2c1. The summed E-state index contributed by atoms with van der Waals surface area (Å²) < 4.78 is 0. The van der Waals surface area contributed by atoms with Crippen LogP contribution in [0.1, 0.15) is 12.5 Å². The molecule has 4 heteroatoms. The van der Waals surface area contributed by atoms with Crippen LogP contribution in [0.25, 0.3) is 22.4 Å². The van der Waals surface area contributed by atoms with Crippen LogP contribution in [0, 0.1) is 0 Å². The van der Waals surface area contributed by atoms with Gasteiger partial charge in [0.25, 0.3) is 0 Å². The molecule has 0 amide bonds. The van der Waals surface area contributed by atoms with E-state index < -0.39 is 0 Å². The molecule has 0 atom stereocenters. The molecule has 0 aliphatic carbocycles. The molecule has 4 nitrogen and oxygen atoms in total. The maximum absolute atomic E-state index is 11.3. The molecule has 2 N–H and O–H groups in total. The molecule has 0 radical (unpaired) electrons. The molecule has 0 bridgehead atoms. The van der Waals surface area contributed by atoms with Crippen LogP contribution in [-0.2, 0) is 6.42 Å². The molecule has 18 heavy (non-hydrogen) atoms. The molecule has 0 aliphatic heterocycles. The van der Waals surface area contributed by atoms with Crippen LogP contribution in [0.15, 0.2) is 41.3 Å². The van der Waals surface area contributed by atoms with Gasteiger partial charge in [0.2, 0.25) is 5.56 Å². The molecule has 3 rings (SSSR count). The maximum Gasteiger partial charge on any atom is 0.248 e. The summed E-state index contributed by atoms with van der Waals surface area (Å²) in [6, 6.07) is 9.55. The monoisotopic (exact) mass is 239 g/mol. The highest BCUT2D eigenvalue weighted by Gasteiger charge is 2.05. The lowest BCUT2D eigenvalue weighted by Crippen LogP contribution is -2.02. The molecule has 90 valence electrons. The summed E-state index contributed by atoms with van der Waals surface area (Å²) in [4.78, 5) is 21.6. The Balaban J connectivity index is 2.16. The molecule has 3 aromatic rings. The molecule has 2 aromatic heterocycles. The topological polar surface area (TPSA) is 61.5 Å². The Morgan fingerprint density at radius 3 is 2.89 bits per heavy atom. The number of H-pyrrole nitrogens is 2. The van der Waals surface area contributed by atoms with Crippen molar-refractivity contribution in [3.8, 4) is 11.4 Å². The highest BCUT2D eigenvalue weighted by atomic mass is 16.1. The number of fused-ring (bicyclic) bond motifs is 1. The van der Waals surface area contributed by atoms with Gasteiger partial charge in [0, 0.05) is 17.8 Å². The van der Waals surface area contributed by atoms with Crippen molar-refractivity contribution in [3.05, 3.63) is 52.4 Å². The van der Waals surface area contributed by atoms with Gasteiger partial charge in [-0.25, -0.2) is 4.98 Å². The van der Waals surface area contributed by atoms with Gasteiger partial charge in [-0.2, -0.15) is 0 Å². The van der Waals surface area contributed by atoms with E-state index in [0.717, 1.165) is 28.8 Å². The summed E-state index contributed by atoms with van der Waals surface area (Å²) >= 11 is 0. The van der Waals surface area contributed by atoms with Gasteiger partial charge in [-0.15, -0.1) is 0 Å². The van der Waals surface area contributed by atoms with E-state index in [1.165, 1.54) is 5.56 Å². The molecular weight excluding hydrogens is 226 g/mol. The normalized spacial score (nSPS) is 10.9. The third-order valence-corrected chi connectivity index (χ3v) is 3.00. The van der Waals surface area contributed by atoms with Gasteiger partial charge in [0.15, 0.2) is 0 Å². The fourth-order valence-electron chi connectivity index (χ4n) is 2.01. The Morgan fingerprint density at radius 2 is 2.11 bits per heavy atom. The highest BCUT2D eigenvalue weighted by Crippen LogP contribution is 2.20. The molecule has 2 heterocycles. The predicted molar refractivity (Wildman–Crippen MR) is 71.5 cm³/mol. The van der Waals surface area contributed by atoms with Crippen molar-refractivity contribution in [3.63, 3.8) is 0 Å². The Hall–Kier alpha value is -2.36. The minimum Gasteiger partial charge on any atom is -0.338 e. The fourth-order valence-corrected chi connectivity index (χ4v) is 2.01. The number of aromatic nitrogens is 3. The minimum absolute atomic E-state index is 0.123. The van der Waals surface area contributed by atoms with Crippen LogP contribution in [0.5, 0.6) is 0 Å². The maximum atomic E-state index is 11.3. The van der Waals surface area contributed by atoms with Crippen LogP contribution in [-0.4, -0.2) is 15.0 Å². The molecular formula is C14H13N3O. The van der Waals surface area contributed by atoms with Gasteiger partial charge < -0.3 is 9.97 Å². The standard InChI is InChI=1S/C14H13N3O/c1-2-9-3-4-11-12(7-9)17-14(16-11)10-5-6-15-13(18)8-10/h3-8H,2H2,1H3,(H,15,18)(H,16,17). The van der Waals surface area contributed by atoms with Crippen molar-refractivity contribution in [1.82, 2.24) is 15.0 Å². The Kier molecular flexibility index (Phi) is 2.48. The minimum atomic E-state index is -0.123.